The third-order valence-electron chi connectivity index (χ3n) is 0.728. The number of aliphatic hydroxyl groups is 1. The minimum absolute atomic E-state index is 0.432. The summed E-state index contributed by atoms with van der Waals surface area (Å²) in [6, 6.07) is 0. The highest BCUT2D eigenvalue weighted by Gasteiger charge is 1.75. The largest absolute Gasteiger partial charge is 0.513 e. The summed E-state index contributed by atoms with van der Waals surface area (Å²) in [4.78, 5) is 0. The fraction of sp³-hybridized carbons (Fsp3) is 0.667. The van der Waals surface area contributed by atoms with E-state index in [2.05, 4.69) is 6.92 Å². The standard InChI is InChI=1S/C6H12O/c1-3-4-5-6(2)7/h5,7H,3-4H2,1-2H3/b6-5+. The molecule has 0 heterocycles. The Hall–Kier alpha value is -0.460. The van der Waals surface area contributed by atoms with Gasteiger partial charge in [-0.1, -0.05) is 13.3 Å². The van der Waals surface area contributed by atoms with Gasteiger partial charge in [0.05, 0.1) is 5.76 Å². The van der Waals surface area contributed by atoms with Crippen molar-refractivity contribution in [2.45, 2.75) is 26.7 Å². The number of unbranched alkanes of at least 4 members (excludes halogenated alkanes) is 1. The summed E-state index contributed by atoms with van der Waals surface area (Å²) in [6.07, 6.45) is 3.92. The first-order chi connectivity index (χ1) is 3.27. The van der Waals surface area contributed by atoms with E-state index in [0.717, 1.165) is 12.8 Å². The normalized spacial score (nSPS) is 12.0. The molecule has 0 amide bonds. The third-order valence-corrected chi connectivity index (χ3v) is 0.728. The van der Waals surface area contributed by atoms with Crippen LogP contribution in [0.2, 0.25) is 0 Å². The Kier molecular flexibility index (Phi) is 3.48. The van der Waals surface area contributed by atoms with Gasteiger partial charge in [-0.3, -0.25) is 0 Å². The highest BCUT2D eigenvalue weighted by Crippen LogP contribution is 1.91. The summed E-state index contributed by atoms with van der Waals surface area (Å²) in [7, 11) is 0. The predicted molar refractivity (Wildman–Crippen MR) is 31.3 cm³/mol. The number of hydrogen-bond acceptors (Lipinski definition) is 1. The van der Waals surface area contributed by atoms with Crippen LogP contribution >= 0.6 is 0 Å². The molecule has 42 valence electrons. The highest BCUT2D eigenvalue weighted by molar-refractivity contribution is 4.84. The SMILES string of the molecule is CCC/C=C(\C)O. The van der Waals surface area contributed by atoms with E-state index in [1.165, 1.54) is 0 Å². The van der Waals surface area contributed by atoms with Crippen molar-refractivity contribution < 1.29 is 5.11 Å². The van der Waals surface area contributed by atoms with Gasteiger partial charge in [-0.15, -0.1) is 0 Å². The average Bonchev–Trinajstić information content (AvgIpc) is 1.61. The Labute approximate surface area is 44.7 Å². The Balaban J connectivity index is 3.08. The van der Waals surface area contributed by atoms with Crippen LogP contribution in [0.15, 0.2) is 11.8 Å². The molecule has 0 spiro atoms. The fourth-order valence-electron chi connectivity index (χ4n) is 0.353. The first kappa shape index (κ1) is 6.54. The first-order valence-corrected chi connectivity index (χ1v) is 2.63. The molecule has 1 heteroatoms. The molecule has 0 aliphatic heterocycles. The van der Waals surface area contributed by atoms with Crippen molar-refractivity contribution in [3.05, 3.63) is 11.8 Å². The van der Waals surface area contributed by atoms with Gasteiger partial charge < -0.3 is 5.11 Å². The molecule has 7 heavy (non-hydrogen) atoms. The van der Waals surface area contributed by atoms with Gasteiger partial charge in [-0.2, -0.15) is 0 Å². The van der Waals surface area contributed by atoms with Gasteiger partial charge in [0.2, 0.25) is 0 Å². The molecule has 1 N–H and O–H groups in total. The number of hydrogen-bond donors (Lipinski definition) is 1. The molecule has 0 saturated carbocycles. The molecule has 0 unspecified atom stereocenters. The zero-order valence-electron chi connectivity index (χ0n) is 4.94. The van der Waals surface area contributed by atoms with E-state index < -0.39 is 0 Å². The van der Waals surface area contributed by atoms with Crippen LogP contribution in [0.25, 0.3) is 0 Å². The minimum atomic E-state index is 0.432. The molecule has 0 aliphatic rings. The highest BCUT2D eigenvalue weighted by atomic mass is 16.3. The van der Waals surface area contributed by atoms with Crippen LogP contribution in [0.1, 0.15) is 26.7 Å². The number of rotatable bonds is 2. The molecular formula is C6H12O. The second kappa shape index (κ2) is 3.72. The monoisotopic (exact) mass is 100 g/mol. The van der Waals surface area contributed by atoms with Crippen LogP contribution in [-0.4, -0.2) is 5.11 Å². The molecule has 0 aromatic rings. The van der Waals surface area contributed by atoms with Crippen LogP contribution in [-0.2, 0) is 0 Å². The Morgan fingerprint density at radius 2 is 2.29 bits per heavy atom. The summed E-state index contributed by atoms with van der Waals surface area (Å²) in [6.45, 7) is 3.77. The van der Waals surface area contributed by atoms with Crippen LogP contribution in [0.5, 0.6) is 0 Å². The summed E-state index contributed by atoms with van der Waals surface area (Å²) >= 11 is 0. The molecule has 0 fully saturated rings. The van der Waals surface area contributed by atoms with Gasteiger partial charge in [0.25, 0.3) is 0 Å². The van der Waals surface area contributed by atoms with Crippen LogP contribution in [0, 0.1) is 0 Å². The van der Waals surface area contributed by atoms with E-state index >= 15 is 0 Å². The molecule has 0 saturated heterocycles. The van der Waals surface area contributed by atoms with Gasteiger partial charge >= 0.3 is 0 Å². The summed E-state index contributed by atoms with van der Waals surface area (Å²) in [5, 5.41) is 8.54. The predicted octanol–water partition coefficient (Wildman–Crippen LogP) is 2.25. The molecule has 0 aromatic heterocycles. The molecular weight excluding hydrogens is 88.1 g/mol. The molecule has 1 nitrogen and oxygen atoms in total. The minimum Gasteiger partial charge on any atom is -0.513 e. The zero-order valence-corrected chi connectivity index (χ0v) is 4.94. The van der Waals surface area contributed by atoms with Crippen LogP contribution < -0.4 is 0 Å². The second-order valence-corrected chi connectivity index (χ2v) is 1.63. The lowest BCUT2D eigenvalue weighted by atomic mass is 10.3. The quantitative estimate of drug-likeness (QED) is 0.527. The van der Waals surface area contributed by atoms with E-state index in [9.17, 15) is 0 Å². The molecule has 0 atom stereocenters. The number of allylic oxidation sites excluding steroid dienone is 2. The van der Waals surface area contributed by atoms with Crippen molar-refractivity contribution in [3.63, 3.8) is 0 Å². The summed E-state index contributed by atoms with van der Waals surface area (Å²) < 4.78 is 0. The molecule has 0 radical (unpaired) electrons. The van der Waals surface area contributed by atoms with Crippen molar-refractivity contribution in [2.24, 2.45) is 0 Å². The fourth-order valence-corrected chi connectivity index (χ4v) is 0.353. The molecule has 0 aliphatic carbocycles. The average molecular weight is 100 g/mol. The van der Waals surface area contributed by atoms with Gasteiger partial charge in [-0.25, -0.2) is 0 Å². The van der Waals surface area contributed by atoms with Gasteiger partial charge in [0, 0.05) is 0 Å². The lowest BCUT2D eigenvalue weighted by Crippen LogP contribution is -1.68. The van der Waals surface area contributed by atoms with E-state index in [1.807, 2.05) is 6.08 Å². The maximum absolute atomic E-state index is 8.54. The smallest absolute Gasteiger partial charge is 0.0851 e. The van der Waals surface area contributed by atoms with Gasteiger partial charge in [-0.05, 0) is 19.4 Å². The maximum Gasteiger partial charge on any atom is 0.0851 e. The first-order valence-electron chi connectivity index (χ1n) is 2.63. The third kappa shape index (κ3) is 5.54. The Morgan fingerprint density at radius 3 is 2.43 bits per heavy atom. The van der Waals surface area contributed by atoms with Crippen molar-refractivity contribution in [3.8, 4) is 0 Å². The molecule has 0 bridgehead atoms. The Morgan fingerprint density at radius 1 is 1.71 bits per heavy atom. The molecule has 0 rings (SSSR count). The number of aliphatic hydroxyl groups excluding tert-OH is 1. The topological polar surface area (TPSA) is 20.2 Å². The van der Waals surface area contributed by atoms with E-state index in [0.29, 0.717) is 5.76 Å². The maximum atomic E-state index is 8.54. The summed E-state index contributed by atoms with van der Waals surface area (Å²) in [5.41, 5.74) is 0. The van der Waals surface area contributed by atoms with E-state index in [1.54, 1.807) is 6.92 Å². The lowest BCUT2D eigenvalue weighted by Gasteiger charge is -1.84. The van der Waals surface area contributed by atoms with Gasteiger partial charge in [0.15, 0.2) is 0 Å². The van der Waals surface area contributed by atoms with Crippen LogP contribution in [0.4, 0.5) is 0 Å². The van der Waals surface area contributed by atoms with Crippen LogP contribution in [0.3, 0.4) is 0 Å². The lowest BCUT2D eigenvalue weighted by molar-refractivity contribution is 0.411. The summed E-state index contributed by atoms with van der Waals surface area (Å²) in [5.74, 6) is 0.432. The molecule has 0 aromatic carbocycles. The van der Waals surface area contributed by atoms with Crippen molar-refractivity contribution >= 4 is 0 Å². The van der Waals surface area contributed by atoms with Crippen molar-refractivity contribution in [2.75, 3.05) is 0 Å². The Bertz CT molecular complexity index is 60.6. The zero-order chi connectivity index (χ0) is 5.70. The second-order valence-electron chi connectivity index (χ2n) is 1.63. The van der Waals surface area contributed by atoms with E-state index in [-0.39, 0.29) is 0 Å². The van der Waals surface area contributed by atoms with Crippen molar-refractivity contribution in [1.82, 2.24) is 0 Å². The van der Waals surface area contributed by atoms with E-state index in [4.69, 9.17) is 5.11 Å². The van der Waals surface area contributed by atoms with Crippen molar-refractivity contribution in [1.29, 1.82) is 0 Å². The van der Waals surface area contributed by atoms with Gasteiger partial charge in [0.1, 0.15) is 0 Å².